The Morgan fingerprint density at radius 2 is 1.93 bits per heavy atom. The van der Waals surface area contributed by atoms with Gasteiger partial charge in [-0.1, -0.05) is 41.1 Å². The molecular weight excluding hydrogens is 234 g/mol. The molecule has 0 saturated carbocycles. The molecule has 0 aliphatic carbocycles. The zero-order valence-electron chi connectivity index (χ0n) is 7.51. The first-order chi connectivity index (χ1) is 7.18. The number of halogens is 1. The molecule has 3 nitrogen and oxygen atoms in total. The summed E-state index contributed by atoms with van der Waals surface area (Å²) in [6.07, 6.45) is 0. The highest BCUT2D eigenvalue weighted by Crippen LogP contribution is 2.36. The van der Waals surface area contributed by atoms with E-state index in [1.165, 1.54) is 6.07 Å². The lowest BCUT2D eigenvalue weighted by atomic mass is 10.2. The number of hydrogen-bond donors (Lipinski definition) is 0. The quantitative estimate of drug-likeness (QED) is 0.588. The summed E-state index contributed by atoms with van der Waals surface area (Å²) in [4.78, 5) is 10.9. The average Bonchev–Trinajstić information content (AvgIpc) is 2.67. The maximum Gasteiger partial charge on any atom is 0.324 e. The molecule has 0 amide bonds. The summed E-state index contributed by atoms with van der Waals surface area (Å²) < 4.78 is 0. The van der Waals surface area contributed by atoms with Crippen molar-refractivity contribution in [2.45, 2.75) is 0 Å². The molecule has 0 radical (unpaired) electrons. The Bertz CT molecular complexity index is 510. The highest BCUT2D eigenvalue weighted by atomic mass is 35.5. The van der Waals surface area contributed by atoms with Crippen molar-refractivity contribution >= 4 is 27.9 Å². The summed E-state index contributed by atoms with van der Waals surface area (Å²) in [5.41, 5.74) is 0.831. The molecule has 2 aromatic rings. The van der Waals surface area contributed by atoms with E-state index in [9.17, 15) is 10.1 Å². The van der Waals surface area contributed by atoms with Gasteiger partial charge in [0.15, 0.2) is 0 Å². The van der Waals surface area contributed by atoms with Gasteiger partial charge in [0.1, 0.15) is 0 Å². The van der Waals surface area contributed by atoms with Crippen LogP contribution in [0.3, 0.4) is 0 Å². The van der Waals surface area contributed by atoms with Crippen molar-refractivity contribution in [2.24, 2.45) is 0 Å². The van der Waals surface area contributed by atoms with Crippen molar-refractivity contribution in [1.29, 1.82) is 0 Å². The van der Waals surface area contributed by atoms with E-state index in [1.54, 1.807) is 12.1 Å². The fraction of sp³-hybridized carbons (Fsp3) is 0. The summed E-state index contributed by atoms with van der Waals surface area (Å²) >= 11 is 7.11. The van der Waals surface area contributed by atoms with Gasteiger partial charge >= 0.3 is 5.00 Å². The van der Waals surface area contributed by atoms with Crippen LogP contribution >= 0.6 is 22.9 Å². The molecular formula is C10H6ClNO2S. The summed E-state index contributed by atoms with van der Waals surface area (Å²) in [7, 11) is 0. The highest BCUT2D eigenvalue weighted by Gasteiger charge is 2.12. The minimum Gasteiger partial charge on any atom is -0.258 e. The number of rotatable bonds is 2. The van der Waals surface area contributed by atoms with E-state index in [0.29, 0.717) is 5.02 Å². The van der Waals surface area contributed by atoms with Gasteiger partial charge in [0.2, 0.25) is 0 Å². The van der Waals surface area contributed by atoms with Gasteiger partial charge in [-0.05, 0) is 12.1 Å². The standard InChI is InChI=1S/C10H6ClNO2S/c11-8-4-2-1-3-7(8)9-5-6-10(15-9)12(13)14/h1-6H. The molecule has 0 spiro atoms. The molecule has 5 heteroatoms. The number of nitrogens with zero attached hydrogens (tertiary/aromatic N) is 1. The fourth-order valence-corrected chi connectivity index (χ4v) is 2.39. The third-order valence-corrected chi connectivity index (χ3v) is 3.31. The van der Waals surface area contributed by atoms with Crippen molar-refractivity contribution < 1.29 is 4.92 Å². The highest BCUT2D eigenvalue weighted by molar-refractivity contribution is 7.18. The molecule has 0 bridgehead atoms. The van der Waals surface area contributed by atoms with Crippen LogP contribution in [0.4, 0.5) is 5.00 Å². The van der Waals surface area contributed by atoms with Crippen LogP contribution in [0.5, 0.6) is 0 Å². The van der Waals surface area contributed by atoms with Gasteiger partial charge in [-0.25, -0.2) is 0 Å². The number of benzene rings is 1. The molecule has 0 atom stereocenters. The van der Waals surface area contributed by atoms with Crippen LogP contribution in [0.25, 0.3) is 10.4 Å². The van der Waals surface area contributed by atoms with E-state index in [2.05, 4.69) is 0 Å². The zero-order chi connectivity index (χ0) is 10.8. The molecule has 0 aliphatic rings. The molecule has 2 rings (SSSR count). The van der Waals surface area contributed by atoms with Gasteiger partial charge in [-0.2, -0.15) is 0 Å². The van der Waals surface area contributed by atoms with E-state index >= 15 is 0 Å². The maximum absolute atomic E-state index is 10.5. The second-order valence-corrected chi connectivity index (χ2v) is 4.34. The Labute approximate surface area is 95.1 Å². The summed E-state index contributed by atoms with van der Waals surface area (Å²) in [5, 5.41) is 11.2. The molecule has 1 aromatic heterocycles. The van der Waals surface area contributed by atoms with Gasteiger partial charge < -0.3 is 0 Å². The molecule has 76 valence electrons. The molecule has 0 aliphatic heterocycles. The van der Waals surface area contributed by atoms with Crippen molar-refractivity contribution in [2.75, 3.05) is 0 Å². The largest absolute Gasteiger partial charge is 0.324 e. The lowest BCUT2D eigenvalue weighted by Gasteiger charge is -1.98. The smallest absolute Gasteiger partial charge is 0.258 e. The van der Waals surface area contributed by atoms with Gasteiger partial charge in [0, 0.05) is 21.5 Å². The molecule has 0 unspecified atom stereocenters. The van der Waals surface area contributed by atoms with Crippen LogP contribution in [-0.4, -0.2) is 4.92 Å². The number of hydrogen-bond acceptors (Lipinski definition) is 3. The van der Waals surface area contributed by atoms with E-state index in [-0.39, 0.29) is 5.00 Å². The third-order valence-electron chi connectivity index (χ3n) is 1.91. The zero-order valence-corrected chi connectivity index (χ0v) is 9.09. The molecule has 0 N–H and O–H groups in total. The predicted octanol–water partition coefficient (Wildman–Crippen LogP) is 3.98. The predicted molar refractivity (Wildman–Crippen MR) is 61.4 cm³/mol. The molecule has 0 saturated heterocycles. The first kappa shape index (κ1) is 10.1. The third kappa shape index (κ3) is 2.00. The van der Waals surface area contributed by atoms with Crippen LogP contribution < -0.4 is 0 Å². The Morgan fingerprint density at radius 3 is 2.53 bits per heavy atom. The van der Waals surface area contributed by atoms with E-state index in [4.69, 9.17) is 11.6 Å². The van der Waals surface area contributed by atoms with Gasteiger partial charge in [0.25, 0.3) is 0 Å². The van der Waals surface area contributed by atoms with Crippen molar-refractivity contribution in [1.82, 2.24) is 0 Å². The van der Waals surface area contributed by atoms with Crippen LogP contribution in [0.2, 0.25) is 5.02 Å². The normalized spacial score (nSPS) is 10.2. The Balaban J connectivity index is 2.46. The summed E-state index contributed by atoms with van der Waals surface area (Å²) in [6, 6.07) is 10.5. The Kier molecular flexibility index (Phi) is 2.70. The van der Waals surface area contributed by atoms with Crippen LogP contribution in [-0.2, 0) is 0 Å². The maximum atomic E-state index is 10.5. The molecule has 15 heavy (non-hydrogen) atoms. The van der Waals surface area contributed by atoms with Gasteiger partial charge in [0.05, 0.1) is 4.92 Å². The Hall–Kier alpha value is -1.39. The van der Waals surface area contributed by atoms with E-state index in [0.717, 1.165) is 21.8 Å². The van der Waals surface area contributed by atoms with E-state index in [1.807, 2.05) is 18.2 Å². The van der Waals surface area contributed by atoms with E-state index < -0.39 is 4.92 Å². The molecule has 0 fully saturated rings. The lowest BCUT2D eigenvalue weighted by Crippen LogP contribution is -1.80. The van der Waals surface area contributed by atoms with Crippen LogP contribution in [0.1, 0.15) is 0 Å². The SMILES string of the molecule is O=[N+]([O-])c1ccc(-c2ccccc2Cl)s1. The summed E-state index contributed by atoms with van der Waals surface area (Å²) in [5.74, 6) is 0. The second-order valence-electron chi connectivity index (χ2n) is 2.87. The minimum absolute atomic E-state index is 0.130. The van der Waals surface area contributed by atoms with Crippen molar-refractivity contribution in [3.05, 3.63) is 51.5 Å². The van der Waals surface area contributed by atoms with Gasteiger partial charge in [-0.3, -0.25) is 10.1 Å². The number of thiophene rings is 1. The topological polar surface area (TPSA) is 43.1 Å². The molecule has 1 heterocycles. The fourth-order valence-electron chi connectivity index (χ4n) is 1.23. The van der Waals surface area contributed by atoms with Crippen molar-refractivity contribution in [3.63, 3.8) is 0 Å². The monoisotopic (exact) mass is 239 g/mol. The molecule has 1 aromatic carbocycles. The van der Waals surface area contributed by atoms with Crippen LogP contribution in [0, 0.1) is 10.1 Å². The first-order valence-corrected chi connectivity index (χ1v) is 5.37. The van der Waals surface area contributed by atoms with Crippen LogP contribution in [0.15, 0.2) is 36.4 Å². The minimum atomic E-state index is -0.398. The summed E-state index contributed by atoms with van der Waals surface area (Å²) in [6.45, 7) is 0. The van der Waals surface area contributed by atoms with Gasteiger partial charge in [-0.15, -0.1) is 0 Å². The lowest BCUT2D eigenvalue weighted by molar-refractivity contribution is -0.380. The average molecular weight is 240 g/mol. The van der Waals surface area contributed by atoms with Crippen molar-refractivity contribution in [3.8, 4) is 10.4 Å². The number of nitro groups is 1. The Morgan fingerprint density at radius 1 is 1.20 bits per heavy atom. The first-order valence-electron chi connectivity index (χ1n) is 4.17. The second kappa shape index (κ2) is 4.00.